The molecule has 0 heterocycles. The molecule has 4 heteroatoms. The fourth-order valence-electron chi connectivity index (χ4n) is 1.64. The second-order valence-electron chi connectivity index (χ2n) is 4.07. The van der Waals surface area contributed by atoms with E-state index in [1.165, 1.54) is 44.9 Å². The van der Waals surface area contributed by atoms with Crippen LogP contribution in [0.15, 0.2) is 0 Å². The SMILES string of the molecule is CCCCCCCCCCCC(=O)ON.O. The van der Waals surface area contributed by atoms with E-state index in [0.717, 1.165) is 12.8 Å². The third-order valence-corrected chi connectivity index (χ3v) is 2.62. The molecule has 98 valence electrons. The quantitative estimate of drug-likeness (QED) is 0.464. The highest BCUT2D eigenvalue weighted by Gasteiger charge is 1.99. The van der Waals surface area contributed by atoms with E-state index in [0.29, 0.717) is 6.42 Å². The first-order chi connectivity index (χ1) is 7.31. The molecule has 0 bridgehead atoms. The van der Waals surface area contributed by atoms with Crippen molar-refractivity contribution in [2.45, 2.75) is 71.1 Å². The number of unbranched alkanes of at least 4 members (excludes halogenated alkanes) is 8. The van der Waals surface area contributed by atoms with Crippen molar-refractivity contribution < 1.29 is 15.1 Å². The molecule has 0 fully saturated rings. The van der Waals surface area contributed by atoms with Crippen molar-refractivity contribution in [3.8, 4) is 0 Å². The van der Waals surface area contributed by atoms with Crippen molar-refractivity contribution in [2.24, 2.45) is 5.90 Å². The molecule has 4 nitrogen and oxygen atoms in total. The lowest BCUT2D eigenvalue weighted by molar-refractivity contribution is -0.144. The summed E-state index contributed by atoms with van der Waals surface area (Å²) in [5.41, 5.74) is 0. The number of carbonyl (C=O) groups excluding carboxylic acids is 1. The maximum absolute atomic E-state index is 10.7. The minimum atomic E-state index is -0.294. The standard InChI is InChI=1S/C12H25NO2.H2O/c1-2-3-4-5-6-7-8-9-10-11-12(14)15-13;/h2-11,13H2,1H3;1H2. The van der Waals surface area contributed by atoms with E-state index < -0.39 is 0 Å². The molecule has 0 spiro atoms. The Bertz CT molecular complexity index is 151. The van der Waals surface area contributed by atoms with E-state index in [4.69, 9.17) is 5.90 Å². The van der Waals surface area contributed by atoms with Gasteiger partial charge in [0.15, 0.2) is 0 Å². The molecule has 0 atom stereocenters. The Hall–Kier alpha value is -0.610. The molecule has 0 saturated carbocycles. The van der Waals surface area contributed by atoms with Crippen LogP contribution in [0.2, 0.25) is 0 Å². The average Bonchev–Trinajstić information content (AvgIpc) is 2.26. The van der Waals surface area contributed by atoms with Gasteiger partial charge in [0.2, 0.25) is 0 Å². The molecule has 4 N–H and O–H groups in total. The van der Waals surface area contributed by atoms with Crippen molar-refractivity contribution >= 4 is 5.97 Å². The Morgan fingerprint density at radius 3 is 1.81 bits per heavy atom. The molecule has 0 unspecified atom stereocenters. The minimum absolute atomic E-state index is 0. The lowest BCUT2D eigenvalue weighted by Gasteiger charge is -2.01. The second-order valence-corrected chi connectivity index (χ2v) is 4.07. The summed E-state index contributed by atoms with van der Waals surface area (Å²) in [7, 11) is 0. The van der Waals surface area contributed by atoms with Crippen LogP contribution in [0.25, 0.3) is 0 Å². The maximum Gasteiger partial charge on any atom is 0.324 e. The fourth-order valence-corrected chi connectivity index (χ4v) is 1.64. The highest BCUT2D eigenvalue weighted by atomic mass is 16.7. The van der Waals surface area contributed by atoms with Gasteiger partial charge in [-0.2, -0.15) is 5.90 Å². The zero-order chi connectivity index (χ0) is 11.4. The van der Waals surface area contributed by atoms with E-state index in [1.54, 1.807) is 0 Å². The molecule has 0 aliphatic heterocycles. The van der Waals surface area contributed by atoms with Crippen LogP contribution in [0, 0.1) is 0 Å². The van der Waals surface area contributed by atoms with Gasteiger partial charge < -0.3 is 10.3 Å². The van der Waals surface area contributed by atoms with E-state index in [-0.39, 0.29) is 11.4 Å². The largest absolute Gasteiger partial charge is 0.412 e. The molecule has 0 aromatic heterocycles. The number of hydrogen-bond acceptors (Lipinski definition) is 3. The Balaban J connectivity index is 0. The van der Waals surface area contributed by atoms with Crippen LogP contribution in [0.5, 0.6) is 0 Å². The third kappa shape index (κ3) is 13.4. The predicted octanol–water partition coefficient (Wildman–Crippen LogP) is 2.50. The summed E-state index contributed by atoms with van der Waals surface area (Å²) in [4.78, 5) is 14.8. The molecule has 0 aromatic carbocycles. The second kappa shape index (κ2) is 14.4. The lowest BCUT2D eigenvalue weighted by Crippen LogP contribution is -2.08. The zero-order valence-corrected chi connectivity index (χ0v) is 10.5. The lowest BCUT2D eigenvalue weighted by atomic mass is 10.1. The highest BCUT2D eigenvalue weighted by molar-refractivity contribution is 5.68. The number of rotatable bonds is 10. The molecule has 0 saturated heterocycles. The molecule has 0 aromatic rings. The van der Waals surface area contributed by atoms with Gasteiger partial charge in [-0.05, 0) is 6.42 Å². The Labute approximate surface area is 98.8 Å². The Morgan fingerprint density at radius 1 is 0.938 bits per heavy atom. The van der Waals surface area contributed by atoms with Gasteiger partial charge in [-0.25, -0.2) is 0 Å². The van der Waals surface area contributed by atoms with Crippen molar-refractivity contribution in [3.63, 3.8) is 0 Å². The highest BCUT2D eigenvalue weighted by Crippen LogP contribution is 2.10. The Morgan fingerprint density at radius 2 is 1.38 bits per heavy atom. The van der Waals surface area contributed by atoms with Crippen LogP contribution in [-0.4, -0.2) is 11.4 Å². The first-order valence-corrected chi connectivity index (χ1v) is 6.20. The zero-order valence-electron chi connectivity index (χ0n) is 10.5. The minimum Gasteiger partial charge on any atom is -0.412 e. The van der Waals surface area contributed by atoms with E-state index in [2.05, 4.69) is 11.8 Å². The van der Waals surface area contributed by atoms with Crippen LogP contribution >= 0.6 is 0 Å². The van der Waals surface area contributed by atoms with Crippen molar-refractivity contribution in [1.29, 1.82) is 0 Å². The summed E-state index contributed by atoms with van der Waals surface area (Å²) in [6, 6.07) is 0. The summed E-state index contributed by atoms with van der Waals surface area (Å²) < 4.78 is 0. The number of hydrogen-bond donors (Lipinski definition) is 1. The summed E-state index contributed by atoms with van der Waals surface area (Å²) in [5.74, 6) is 4.44. The first kappa shape index (κ1) is 17.8. The smallest absolute Gasteiger partial charge is 0.324 e. The fraction of sp³-hybridized carbons (Fsp3) is 0.917. The van der Waals surface area contributed by atoms with Crippen LogP contribution < -0.4 is 5.90 Å². The van der Waals surface area contributed by atoms with Gasteiger partial charge in [-0.1, -0.05) is 58.3 Å². The normalized spacial score (nSPS) is 9.62. The van der Waals surface area contributed by atoms with Gasteiger partial charge in [0.25, 0.3) is 0 Å². The molecule has 0 rings (SSSR count). The summed E-state index contributed by atoms with van der Waals surface area (Å²) in [6.07, 6.45) is 11.7. The van der Waals surface area contributed by atoms with Crippen LogP contribution in [-0.2, 0) is 9.63 Å². The molecular weight excluding hydrogens is 206 g/mol. The molecule has 0 amide bonds. The number of carbonyl (C=O) groups is 1. The molecule has 16 heavy (non-hydrogen) atoms. The topological polar surface area (TPSA) is 83.8 Å². The van der Waals surface area contributed by atoms with Gasteiger partial charge >= 0.3 is 5.97 Å². The van der Waals surface area contributed by atoms with Gasteiger partial charge in [0.1, 0.15) is 0 Å². The Kier molecular flexibility index (Phi) is 16.0. The molecule has 0 radical (unpaired) electrons. The molecule has 0 aliphatic carbocycles. The third-order valence-electron chi connectivity index (χ3n) is 2.62. The van der Waals surface area contributed by atoms with Crippen molar-refractivity contribution in [3.05, 3.63) is 0 Å². The summed E-state index contributed by atoms with van der Waals surface area (Å²) >= 11 is 0. The van der Waals surface area contributed by atoms with Gasteiger partial charge in [0, 0.05) is 6.42 Å². The van der Waals surface area contributed by atoms with Crippen LogP contribution in [0.4, 0.5) is 0 Å². The van der Waals surface area contributed by atoms with Crippen LogP contribution in [0.1, 0.15) is 71.1 Å². The first-order valence-electron chi connectivity index (χ1n) is 6.20. The summed E-state index contributed by atoms with van der Waals surface area (Å²) in [6.45, 7) is 2.23. The van der Waals surface area contributed by atoms with E-state index in [9.17, 15) is 4.79 Å². The van der Waals surface area contributed by atoms with E-state index >= 15 is 0 Å². The van der Waals surface area contributed by atoms with Crippen molar-refractivity contribution in [1.82, 2.24) is 0 Å². The maximum atomic E-state index is 10.7. The summed E-state index contributed by atoms with van der Waals surface area (Å²) in [5, 5.41) is 0. The number of nitrogens with two attached hydrogens (primary N) is 1. The van der Waals surface area contributed by atoms with Crippen molar-refractivity contribution in [2.75, 3.05) is 0 Å². The monoisotopic (exact) mass is 233 g/mol. The average molecular weight is 233 g/mol. The predicted molar refractivity (Wildman–Crippen MR) is 65.7 cm³/mol. The molecular formula is C12H27NO3. The van der Waals surface area contributed by atoms with Gasteiger partial charge in [-0.15, -0.1) is 0 Å². The van der Waals surface area contributed by atoms with Gasteiger partial charge in [0.05, 0.1) is 0 Å². The van der Waals surface area contributed by atoms with E-state index in [1.807, 2.05) is 0 Å². The molecule has 0 aliphatic rings. The van der Waals surface area contributed by atoms with Crippen LogP contribution in [0.3, 0.4) is 0 Å². The van der Waals surface area contributed by atoms with Gasteiger partial charge in [-0.3, -0.25) is 4.79 Å².